The third kappa shape index (κ3) is 2.13. The number of aromatic nitrogens is 4. The van der Waals surface area contributed by atoms with Gasteiger partial charge in [0, 0.05) is 0 Å². The Morgan fingerprint density at radius 1 is 1.21 bits per heavy atom. The van der Waals surface area contributed by atoms with E-state index >= 15 is 0 Å². The molecule has 0 radical (unpaired) electrons. The van der Waals surface area contributed by atoms with E-state index in [4.69, 9.17) is 0 Å². The first-order chi connectivity index (χ1) is 8.66. The van der Waals surface area contributed by atoms with Gasteiger partial charge < -0.3 is 12.4 Å². The molecule has 3 rings (SSSR count). The Hall–Kier alpha value is -2.14. The lowest BCUT2D eigenvalue weighted by Crippen LogP contribution is -3.00. The maximum absolute atomic E-state index is 11.6. The Kier molecular flexibility index (Phi) is 3.40. The van der Waals surface area contributed by atoms with Crippen molar-refractivity contribution in [2.24, 2.45) is 0 Å². The fraction of sp³-hybridized carbons (Fsp3) is 0.154. The molecule has 98 valence electrons. The van der Waals surface area contributed by atoms with Crippen LogP contribution in [-0.2, 0) is 0 Å². The van der Waals surface area contributed by atoms with Crippen molar-refractivity contribution in [1.82, 2.24) is 15.2 Å². The van der Waals surface area contributed by atoms with E-state index in [1.54, 1.807) is 6.33 Å². The van der Waals surface area contributed by atoms with Gasteiger partial charge in [-0.2, -0.15) is 5.10 Å². The zero-order valence-electron chi connectivity index (χ0n) is 10.6. The van der Waals surface area contributed by atoms with Crippen molar-refractivity contribution in [1.29, 1.82) is 0 Å². The van der Waals surface area contributed by atoms with Crippen molar-refractivity contribution in [3.63, 3.8) is 0 Å². The maximum atomic E-state index is 11.6. The Labute approximate surface area is 115 Å². The molecule has 0 saturated carbocycles. The number of nitrogens with one attached hydrogen (secondary N) is 2. The smallest absolute Gasteiger partial charge is 0.319 e. The first-order valence-corrected chi connectivity index (χ1v) is 5.71. The van der Waals surface area contributed by atoms with Gasteiger partial charge in [-0.1, -0.05) is 6.07 Å². The van der Waals surface area contributed by atoms with E-state index in [-0.39, 0.29) is 18.0 Å². The van der Waals surface area contributed by atoms with Crippen LogP contribution in [0.2, 0.25) is 0 Å². The molecule has 0 atom stereocenters. The van der Waals surface area contributed by atoms with Crippen LogP contribution in [0, 0.1) is 13.8 Å². The molecule has 19 heavy (non-hydrogen) atoms. The summed E-state index contributed by atoms with van der Waals surface area (Å²) < 4.78 is 1.89. The van der Waals surface area contributed by atoms with Gasteiger partial charge in [-0.3, -0.25) is 4.79 Å². The summed E-state index contributed by atoms with van der Waals surface area (Å²) in [6.07, 6.45) is 3.18. The molecule has 1 aromatic carbocycles. The normalized spacial score (nSPS) is 10.4. The van der Waals surface area contributed by atoms with Gasteiger partial charge in [0.15, 0.2) is 11.7 Å². The molecule has 5 nitrogen and oxygen atoms in total. The minimum absolute atomic E-state index is 0. The lowest BCUT2D eigenvalue weighted by atomic mass is 10.1. The van der Waals surface area contributed by atoms with E-state index in [2.05, 4.69) is 41.2 Å². The lowest BCUT2D eigenvalue weighted by molar-refractivity contribution is -0.573. The van der Waals surface area contributed by atoms with E-state index in [0.29, 0.717) is 11.0 Å². The van der Waals surface area contributed by atoms with Crippen LogP contribution in [-0.4, -0.2) is 15.2 Å². The number of H-pyrrole nitrogens is 2. The van der Waals surface area contributed by atoms with Crippen LogP contribution in [0.5, 0.6) is 0 Å². The summed E-state index contributed by atoms with van der Waals surface area (Å²) in [7, 11) is 0. The molecule has 0 amide bonds. The zero-order valence-corrected chi connectivity index (χ0v) is 11.3. The molecular weight excluding hydrogens is 264 g/mol. The lowest BCUT2D eigenvalue weighted by Gasteiger charge is -2.04. The number of hydrogen-bond acceptors (Lipinski definition) is 2. The first kappa shape index (κ1) is 13.3. The highest BCUT2D eigenvalue weighted by Gasteiger charge is 2.13. The number of benzene rings is 1. The molecule has 0 unspecified atom stereocenters. The minimum Gasteiger partial charge on any atom is -1.00 e. The van der Waals surface area contributed by atoms with Crippen molar-refractivity contribution in [3.05, 3.63) is 52.2 Å². The average Bonchev–Trinajstić information content (AvgIpc) is 2.83. The van der Waals surface area contributed by atoms with Gasteiger partial charge in [0.25, 0.3) is 5.65 Å². The summed E-state index contributed by atoms with van der Waals surface area (Å²) in [6.45, 7) is 4.14. The van der Waals surface area contributed by atoms with E-state index < -0.39 is 0 Å². The fourth-order valence-electron chi connectivity index (χ4n) is 1.97. The maximum Gasteiger partial charge on any atom is 0.319 e. The number of nitrogens with zero attached hydrogens (tertiary/aromatic N) is 2. The second-order valence-electron chi connectivity index (χ2n) is 4.37. The summed E-state index contributed by atoms with van der Waals surface area (Å²) in [5.41, 5.74) is 3.99. The highest BCUT2D eigenvalue weighted by atomic mass is 35.5. The molecule has 0 bridgehead atoms. The van der Waals surface area contributed by atoms with Gasteiger partial charge >= 0.3 is 5.56 Å². The van der Waals surface area contributed by atoms with E-state index in [9.17, 15) is 4.79 Å². The molecule has 0 fully saturated rings. The molecule has 2 N–H and O–H groups in total. The molecular formula is C13H13ClN4O. The first-order valence-electron chi connectivity index (χ1n) is 5.71. The van der Waals surface area contributed by atoms with Crippen molar-refractivity contribution in [2.45, 2.75) is 13.8 Å². The molecule has 2 aromatic heterocycles. The predicted molar refractivity (Wildman–Crippen MR) is 67.7 cm³/mol. The fourth-order valence-corrected chi connectivity index (χ4v) is 1.97. The number of aromatic amines is 2. The quantitative estimate of drug-likeness (QED) is 0.513. The standard InChI is InChI=1S/C13H12N4O.ClH/c1-8-3-4-10(5-9(8)2)17-7-14-13(18)11-6-15-16-12(11)17;/h3-7H,1-2H3,(H,15,16,18);1H. The molecule has 0 spiro atoms. The van der Waals surface area contributed by atoms with Crippen LogP contribution in [0.4, 0.5) is 0 Å². The topological polar surface area (TPSA) is 65.4 Å². The van der Waals surface area contributed by atoms with Crippen molar-refractivity contribution in [3.8, 4) is 5.69 Å². The van der Waals surface area contributed by atoms with Gasteiger partial charge in [-0.25, -0.2) is 9.55 Å². The van der Waals surface area contributed by atoms with Crippen molar-refractivity contribution >= 4 is 11.0 Å². The summed E-state index contributed by atoms with van der Waals surface area (Å²) >= 11 is 0. The van der Waals surface area contributed by atoms with Crippen LogP contribution in [0.15, 0.2) is 35.5 Å². The second kappa shape index (κ2) is 4.85. The van der Waals surface area contributed by atoms with Crippen LogP contribution >= 0.6 is 0 Å². The molecule has 2 heterocycles. The van der Waals surface area contributed by atoms with Gasteiger partial charge in [0.1, 0.15) is 5.69 Å². The summed E-state index contributed by atoms with van der Waals surface area (Å²) in [4.78, 5) is 14.3. The minimum atomic E-state index is -0.140. The largest absolute Gasteiger partial charge is 1.00 e. The van der Waals surface area contributed by atoms with Gasteiger partial charge in [0.05, 0.1) is 6.20 Å². The molecule has 0 aliphatic carbocycles. The van der Waals surface area contributed by atoms with Crippen LogP contribution in [0.3, 0.4) is 0 Å². The molecule has 6 heteroatoms. The summed E-state index contributed by atoms with van der Waals surface area (Å²) in [6, 6.07) is 6.15. The Balaban J connectivity index is 0.00000133. The van der Waals surface area contributed by atoms with Gasteiger partial charge in [-0.05, 0) is 37.1 Å². The predicted octanol–water partition coefficient (Wildman–Crippen LogP) is -1.85. The average molecular weight is 277 g/mol. The van der Waals surface area contributed by atoms with Crippen molar-refractivity contribution < 1.29 is 17.0 Å². The SMILES string of the molecule is Cc1ccc(-[n+]2c[nH]c(=O)c3cn[nH]c32)cc1C.[Cl-]. The Morgan fingerprint density at radius 2 is 2.00 bits per heavy atom. The summed E-state index contributed by atoms with van der Waals surface area (Å²) in [5, 5.41) is 7.33. The van der Waals surface area contributed by atoms with E-state index in [1.165, 1.54) is 17.3 Å². The monoisotopic (exact) mass is 276 g/mol. The van der Waals surface area contributed by atoms with Crippen LogP contribution in [0.1, 0.15) is 11.1 Å². The number of halogens is 1. The van der Waals surface area contributed by atoms with Crippen LogP contribution < -0.4 is 22.5 Å². The summed E-state index contributed by atoms with van der Waals surface area (Å²) in [5.74, 6) is 0. The van der Waals surface area contributed by atoms with E-state index in [0.717, 1.165) is 5.69 Å². The van der Waals surface area contributed by atoms with Crippen LogP contribution in [0.25, 0.3) is 16.7 Å². The molecule has 3 aromatic rings. The highest BCUT2D eigenvalue weighted by molar-refractivity contribution is 5.69. The number of fused-ring (bicyclic) bond motifs is 1. The number of aryl methyl sites for hydroxylation is 2. The Bertz CT molecular complexity index is 791. The van der Waals surface area contributed by atoms with Gasteiger partial charge in [0.2, 0.25) is 0 Å². The zero-order chi connectivity index (χ0) is 12.7. The number of rotatable bonds is 1. The Morgan fingerprint density at radius 3 is 2.74 bits per heavy atom. The third-order valence-electron chi connectivity index (χ3n) is 3.20. The highest BCUT2D eigenvalue weighted by Crippen LogP contribution is 2.10. The third-order valence-corrected chi connectivity index (χ3v) is 3.20. The van der Waals surface area contributed by atoms with Gasteiger partial charge in [-0.15, -0.1) is 5.10 Å². The molecule has 0 saturated heterocycles. The second-order valence-corrected chi connectivity index (χ2v) is 4.37. The van der Waals surface area contributed by atoms with E-state index in [1.807, 2.05) is 10.6 Å². The van der Waals surface area contributed by atoms with Crippen molar-refractivity contribution in [2.75, 3.05) is 0 Å². The molecule has 0 aliphatic rings. The number of hydrogen-bond donors (Lipinski definition) is 2. The molecule has 0 aliphatic heterocycles.